The van der Waals surface area contributed by atoms with Crippen LogP contribution in [0.3, 0.4) is 0 Å². The van der Waals surface area contributed by atoms with Gasteiger partial charge in [0.05, 0.1) is 39.1 Å². The second kappa shape index (κ2) is 32.8. The summed E-state index contributed by atoms with van der Waals surface area (Å²) in [5.74, 6) is -0.924. The number of phosphoric acid groups is 1. The molecule has 2 atom stereocenters. The predicted molar refractivity (Wildman–Crippen MR) is 290 cm³/mol. The number of esters is 2. The number of unbranched alkanes of at least 4 members (excludes halogenated alkanes) is 16. The first kappa shape index (κ1) is 61.1. The van der Waals surface area contributed by atoms with Gasteiger partial charge in [0.2, 0.25) is 15.9 Å². The van der Waals surface area contributed by atoms with E-state index in [2.05, 4.69) is 34.3 Å². The highest BCUT2D eigenvalue weighted by atomic mass is 32.2. The van der Waals surface area contributed by atoms with Crippen molar-refractivity contribution in [3.63, 3.8) is 0 Å². The summed E-state index contributed by atoms with van der Waals surface area (Å²) in [6.07, 6.45) is 16.7. The fraction of sp³-hybridized carbons (Fsp3) is 0.589. The van der Waals surface area contributed by atoms with Crippen molar-refractivity contribution in [2.24, 2.45) is 0 Å². The third-order valence-corrected chi connectivity index (χ3v) is 15.2. The normalized spacial score (nSPS) is 13.2. The fourth-order valence-electron chi connectivity index (χ4n) is 8.52. The molecule has 0 bridgehead atoms. The molecule has 15 nitrogen and oxygen atoms in total. The van der Waals surface area contributed by atoms with Crippen LogP contribution >= 0.6 is 7.82 Å². The van der Waals surface area contributed by atoms with Gasteiger partial charge in [-0.05, 0) is 54.2 Å². The number of likely N-dealkylation sites (N-methyl/N-ethyl adjacent to an activating group) is 1. The standard InChI is InChI=1S/C56H85N4O11PS/c1-59(2)52-32-26-31-51-50(52)30-27-33-53(51)73(66,67)58-39-25-19-15-11-7-9-13-17-21-35-56(63)71-49(45-70-72(64,65)69-41-40-60(3,4)5)44-68-55(62)34-20-16-12-8-6-10-14-18-24-38-57-54(61)43-46-36-37-47-28-22-23-29-48(47)42-46/h22-23,26-33,36-37,42,49,58H,6-21,24-25,34-35,38-41,43-45H2,1-5H3,(H-,57,61,64,65)/t49-/m0/s1. The molecular weight excluding hydrogens is 968 g/mol. The van der Waals surface area contributed by atoms with Crippen LogP contribution in [0, 0.1) is 0 Å². The molecule has 0 saturated carbocycles. The van der Waals surface area contributed by atoms with Crippen molar-refractivity contribution in [3.8, 4) is 0 Å². The SMILES string of the molecule is CN(C)c1cccc2c(S(=O)(=O)NCCCCCCCCCCCC(=O)O[C@@H](COC(=O)CCCCCCCCCCCNC(=O)Cc3ccc4ccccc4c3)COP(=O)([O-])OCC[N+](C)(C)C)cccc12. The Morgan fingerprint density at radius 1 is 0.644 bits per heavy atom. The summed E-state index contributed by atoms with van der Waals surface area (Å²) in [6.45, 7) is 0.558. The molecule has 0 heterocycles. The van der Waals surface area contributed by atoms with Crippen LogP contribution in [0.15, 0.2) is 83.8 Å². The number of carbonyl (C=O) groups excluding carboxylic acids is 3. The first-order valence-electron chi connectivity index (χ1n) is 26.6. The number of amides is 1. The van der Waals surface area contributed by atoms with E-state index in [9.17, 15) is 32.3 Å². The quantitative estimate of drug-likeness (QED) is 0.0186. The van der Waals surface area contributed by atoms with Gasteiger partial charge in [0, 0.05) is 56.5 Å². The van der Waals surface area contributed by atoms with Gasteiger partial charge in [0.25, 0.3) is 7.82 Å². The van der Waals surface area contributed by atoms with Gasteiger partial charge in [-0.2, -0.15) is 0 Å². The second-order valence-electron chi connectivity index (χ2n) is 20.4. The van der Waals surface area contributed by atoms with Crippen molar-refractivity contribution in [1.82, 2.24) is 10.0 Å². The summed E-state index contributed by atoms with van der Waals surface area (Å²) >= 11 is 0. The highest BCUT2D eigenvalue weighted by Crippen LogP contribution is 2.38. The number of benzene rings is 4. The molecule has 2 N–H and O–H groups in total. The zero-order valence-corrected chi connectivity index (χ0v) is 46.1. The van der Waals surface area contributed by atoms with Gasteiger partial charge in [-0.15, -0.1) is 0 Å². The number of carbonyl (C=O) groups is 3. The van der Waals surface area contributed by atoms with E-state index in [4.69, 9.17) is 18.5 Å². The Morgan fingerprint density at radius 2 is 1.21 bits per heavy atom. The maximum absolute atomic E-state index is 13.2. The Kier molecular flexibility index (Phi) is 27.5. The number of fused-ring (bicyclic) bond motifs is 2. The van der Waals surface area contributed by atoms with Crippen LogP contribution in [0.5, 0.6) is 0 Å². The van der Waals surface area contributed by atoms with Gasteiger partial charge >= 0.3 is 11.9 Å². The number of nitrogens with one attached hydrogen (secondary N) is 2. The van der Waals surface area contributed by atoms with Gasteiger partial charge in [-0.25, -0.2) is 13.1 Å². The number of rotatable bonds is 39. The van der Waals surface area contributed by atoms with Crippen molar-refractivity contribution in [2.75, 3.05) is 79.6 Å². The lowest BCUT2D eigenvalue weighted by molar-refractivity contribution is -0.870. The highest BCUT2D eigenvalue weighted by Gasteiger charge is 2.22. The van der Waals surface area contributed by atoms with Crippen molar-refractivity contribution in [3.05, 3.63) is 84.4 Å². The van der Waals surface area contributed by atoms with E-state index < -0.39 is 42.5 Å². The number of hydrogen-bond acceptors (Lipinski definition) is 12. The number of phosphoric ester groups is 1. The lowest BCUT2D eigenvalue weighted by Crippen LogP contribution is -2.37. The Balaban J connectivity index is 1.02. The Bertz CT molecular complexity index is 2450. The molecule has 17 heteroatoms. The molecule has 4 aromatic rings. The zero-order chi connectivity index (χ0) is 53.0. The van der Waals surface area contributed by atoms with E-state index in [1.807, 2.05) is 82.6 Å². The Labute approximate surface area is 436 Å². The van der Waals surface area contributed by atoms with Gasteiger partial charge in [0.15, 0.2) is 6.10 Å². The molecular formula is C56H85N4O11PS. The van der Waals surface area contributed by atoms with Crippen LogP contribution in [-0.2, 0) is 53.9 Å². The summed E-state index contributed by atoms with van der Waals surface area (Å²) in [5.41, 5.74) is 1.98. The first-order valence-corrected chi connectivity index (χ1v) is 29.6. The highest BCUT2D eigenvalue weighted by molar-refractivity contribution is 7.89. The van der Waals surface area contributed by atoms with Gasteiger partial charge in [0.1, 0.15) is 19.8 Å². The summed E-state index contributed by atoms with van der Waals surface area (Å²) < 4.78 is 63.2. The average molecular weight is 1050 g/mol. The predicted octanol–water partition coefficient (Wildman–Crippen LogP) is 10.2. The molecule has 0 spiro atoms. The first-order chi connectivity index (χ1) is 34.9. The van der Waals surface area contributed by atoms with Gasteiger partial charge in [-0.3, -0.25) is 18.9 Å². The molecule has 0 radical (unpaired) electrons. The third-order valence-electron chi connectivity index (χ3n) is 12.7. The molecule has 1 amide bonds. The number of ether oxygens (including phenoxy) is 2. The molecule has 4 aromatic carbocycles. The lowest BCUT2D eigenvalue weighted by Gasteiger charge is -2.28. The van der Waals surface area contributed by atoms with E-state index in [1.165, 1.54) is 5.39 Å². The minimum Gasteiger partial charge on any atom is -0.756 e. The Hall–Kier alpha value is -4.41. The number of sulfonamides is 1. The summed E-state index contributed by atoms with van der Waals surface area (Å²) in [5, 5.41) is 6.95. The van der Waals surface area contributed by atoms with Crippen LogP contribution < -0.4 is 19.8 Å². The molecule has 0 fully saturated rings. The molecule has 4 rings (SSSR count). The van der Waals surface area contributed by atoms with Crippen LogP contribution in [0.25, 0.3) is 21.5 Å². The van der Waals surface area contributed by atoms with Crippen LogP contribution in [0.1, 0.15) is 134 Å². The fourth-order valence-corrected chi connectivity index (χ4v) is 10.5. The summed E-state index contributed by atoms with van der Waals surface area (Å²) in [6, 6.07) is 25.4. The number of anilines is 1. The summed E-state index contributed by atoms with van der Waals surface area (Å²) in [7, 11) is 1.24. The number of quaternary nitrogens is 1. The molecule has 0 aromatic heterocycles. The van der Waals surface area contributed by atoms with Crippen LogP contribution in [0.2, 0.25) is 0 Å². The maximum atomic E-state index is 13.2. The summed E-state index contributed by atoms with van der Waals surface area (Å²) in [4.78, 5) is 52.7. The van der Waals surface area contributed by atoms with Crippen molar-refractivity contribution in [2.45, 2.75) is 146 Å². The number of nitrogens with zero attached hydrogens (tertiary/aromatic N) is 2. The van der Waals surface area contributed by atoms with E-state index in [0.717, 1.165) is 125 Å². The van der Waals surface area contributed by atoms with Crippen LogP contribution in [0.4, 0.5) is 5.69 Å². The Morgan fingerprint density at radius 3 is 1.84 bits per heavy atom. The molecule has 0 saturated heterocycles. The average Bonchev–Trinajstić information content (AvgIpc) is 3.34. The topological polar surface area (TPSA) is 190 Å². The third kappa shape index (κ3) is 25.1. The van der Waals surface area contributed by atoms with E-state index >= 15 is 0 Å². The molecule has 0 aliphatic heterocycles. The van der Waals surface area contributed by atoms with Gasteiger partial charge < -0.3 is 38.1 Å². The molecule has 73 heavy (non-hydrogen) atoms. The van der Waals surface area contributed by atoms with E-state index in [-0.39, 0.29) is 36.9 Å². The number of hydrogen-bond donors (Lipinski definition) is 2. The molecule has 1 unspecified atom stereocenters. The van der Waals surface area contributed by atoms with Gasteiger partial charge in [-0.1, -0.05) is 157 Å². The molecule has 0 aliphatic rings. The zero-order valence-electron chi connectivity index (χ0n) is 44.4. The van der Waals surface area contributed by atoms with Crippen molar-refractivity contribution in [1.29, 1.82) is 0 Å². The minimum absolute atomic E-state index is 0.0475. The van der Waals surface area contributed by atoms with E-state index in [1.54, 1.807) is 12.1 Å². The van der Waals surface area contributed by atoms with E-state index in [0.29, 0.717) is 48.8 Å². The minimum atomic E-state index is -4.70. The molecule has 406 valence electrons. The van der Waals surface area contributed by atoms with Crippen molar-refractivity contribution < 1.29 is 55.3 Å². The monoisotopic (exact) mass is 1050 g/mol. The largest absolute Gasteiger partial charge is 0.756 e. The van der Waals surface area contributed by atoms with Crippen molar-refractivity contribution >= 4 is 62.9 Å². The maximum Gasteiger partial charge on any atom is 0.306 e. The smallest absolute Gasteiger partial charge is 0.306 e. The lowest BCUT2D eigenvalue weighted by atomic mass is 10.0. The van der Waals surface area contributed by atoms with Crippen LogP contribution in [-0.4, -0.2) is 112 Å². The second-order valence-corrected chi connectivity index (χ2v) is 23.5. The molecule has 0 aliphatic carbocycles.